The summed E-state index contributed by atoms with van der Waals surface area (Å²) in [5.41, 5.74) is 13.2. The molecule has 0 aliphatic heterocycles. The molecule has 1 aliphatic rings. The van der Waals surface area contributed by atoms with Crippen LogP contribution < -0.4 is 0 Å². The number of rotatable bonds is 3. The van der Waals surface area contributed by atoms with Crippen molar-refractivity contribution in [2.75, 3.05) is 0 Å². The molecule has 10 rings (SSSR count). The Morgan fingerprint density at radius 3 is 1.60 bits per heavy atom. The van der Waals surface area contributed by atoms with E-state index in [1.165, 1.54) is 98.7 Å². The van der Waals surface area contributed by atoms with Crippen LogP contribution in [0.25, 0.3) is 87.6 Å². The highest BCUT2D eigenvalue weighted by molar-refractivity contribution is 6.24. The number of benzene rings is 9. The summed E-state index contributed by atoms with van der Waals surface area (Å²) in [7, 11) is 0. The fourth-order valence-corrected chi connectivity index (χ4v) is 8.39. The maximum atomic E-state index is 2.45. The van der Waals surface area contributed by atoms with E-state index in [0.29, 0.717) is 5.92 Å². The van der Waals surface area contributed by atoms with Crippen LogP contribution in [0.4, 0.5) is 0 Å². The van der Waals surface area contributed by atoms with Gasteiger partial charge >= 0.3 is 0 Å². The zero-order valence-electron chi connectivity index (χ0n) is 26.7. The van der Waals surface area contributed by atoms with Crippen molar-refractivity contribution in [2.45, 2.75) is 12.8 Å². The Hall–Kier alpha value is -5.98. The lowest BCUT2D eigenvalue weighted by molar-refractivity contribution is 0.957. The van der Waals surface area contributed by atoms with Crippen LogP contribution in [-0.2, 0) is 0 Å². The lowest BCUT2D eigenvalue weighted by atomic mass is 9.83. The molecule has 0 spiro atoms. The van der Waals surface area contributed by atoms with E-state index >= 15 is 0 Å². The van der Waals surface area contributed by atoms with Gasteiger partial charge in [0.2, 0.25) is 0 Å². The van der Waals surface area contributed by atoms with Crippen LogP contribution in [0.3, 0.4) is 0 Å². The maximum absolute atomic E-state index is 2.45. The molecular formula is C48H32. The number of hydrogen-bond donors (Lipinski definition) is 0. The molecule has 0 saturated carbocycles. The number of fused-ring (bicyclic) bond motifs is 7. The molecule has 0 heterocycles. The van der Waals surface area contributed by atoms with Gasteiger partial charge in [-0.15, -0.1) is 0 Å². The van der Waals surface area contributed by atoms with Crippen molar-refractivity contribution < 1.29 is 0 Å². The second-order valence-corrected chi connectivity index (χ2v) is 13.3. The predicted molar refractivity (Wildman–Crippen MR) is 206 cm³/mol. The monoisotopic (exact) mass is 608 g/mol. The third kappa shape index (κ3) is 4.03. The molecule has 224 valence electrons. The minimum atomic E-state index is 0.381. The Balaban J connectivity index is 1.25. The van der Waals surface area contributed by atoms with Gasteiger partial charge in [0.1, 0.15) is 0 Å². The molecule has 0 bridgehead atoms. The van der Waals surface area contributed by atoms with Gasteiger partial charge in [0.05, 0.1) is 0 Å². The molecule has 0 N–H and O–H groups in total. The first-order valence-electron chi connectivity index (χ1n) is 16.9. The molecule has 1 aliphatic carbocycles. The van der Waals surface area contributed by atoms with Crippen molar-refractivity contribution in [1.82, 2.24) is 0 Å². The summed E-state index contributed by atoms with van der Waals surface area (Å²) in [6.07, 6.45) is 0. The molecule has 0 amide bonds. The van der Waals surface area contributed by atoms with Gasteiger partial charge in [0.15, 0.2) is 0 Å². The van der Waals surface area contributed by atoms with E-state index in [9.17, 15) is 0 Å². The van der Waals surface area contributed by atoms with Gasteiger partial charge in [0, 0.05) is 5.92 Å². The van der Waals surface area contributed by atoms with Gasteiger partial charge in [-0.05, 0) is 123 Å². The van der Waals surface area contributed by atoms with Gasteiger partial charge in [-0.3, -0.25) is 0 Å². The molecule has 9 aromatic carbocycles. The van der Waals surface area contributed by atoms with Crippen LogP contribution in [-0.4, -0.2) is 0 Å². The van der Waals surface area contributed by atoms with Crippen molar-refractivity contribution in [3.8, 4) is 44.5 Å². The van der Waals surface area contributed by atoms with Crippen molar-refractivity contribution in [2.24, 2.45) is 0 Å². The Morgan fingerprint density at radius 1 is 0.312 bits per heavy atom. The lowest BCUT2D eigenvalue weighted by Crippen LogP contribution is -1.93. The van der Waals surface area contributed by atoms with Crippen molar-refractivity contribution >= 4 is 43.1 Å². The van der Waals surface area contributed by atoms with Crippen molar-refractivity contribution in [1.29, 1.82) is 0 Å². The van der Waals surface area contributed by atoms with Crippen LogP contribution in [0.2, 0.25) is 0 Å². The zero-order valence-corrected chi connectivity index (χ0v) is 26.7. The molecule has 0 nitrogen and oxygen atoms in total. The second kappa shape index (κ2) is 10.5. The Kier molecular flexibility index (Phi) is 5.95. The topological polar surface area (TPSA) is 0 Å². The van der Waals surface area contributed by atoms with Gasteiger partial charge in [-0.2, -0.15) is 0 Å². The molecule has 0 fully saturated rings. The summed E-state index contributed by atoms with van der Waals surface area (Å²) in [5, 5.41) is 10.2. The van der Waals surface area contributed by atoms with E-state index in [1.807, 2.05) is 0 Å². The molecule has 9 aromatic rings. The Labute approximate surface area is 280 Å². The molecule has 1 unspecified atom stereocenters. The van der Waals surface area contributed by atoms with Gasteiger partial charge < -0.3 is 0 Å². The highest BCUT2D eigenvalue weighted by atomic mass is 14.3. The van der Waals surface area contributed by atoms with Crippen molar-refractivity contribution in [3.63, 3.8) is 0 Å². The normalized spacial score (nSPS) is 13.7. The summed E-state index contributed by atoms with van der Waals surface area (Å²) in [6, 6.07) is 63.2. The summed E-state index contributed by atoms with van der Waals surface area (Å²) < 4.78 is 0. The summed E-state index contributed by atoms with van der Waals surface area (Å²) >= 11 is 0. The predicted octanol–water partition coefficient (Wildman–Crippen LogP) is 13.4. The fourth-order valence-electron chi connectivity index (χ4n) is 8.39. The van der Waals surface area contributed by atoms with Crippen LogP contribution >= 0.6 is 0 Å². The minimum absolute atomic E-state index is 0.381. The highest BCUT2D eigenvalue weighted by Gasteiger charge is 2.25. The minimum Gasteiger partial charge on any atom is -0.0619 e. The first-order chi connectivity index (χ1) is 23.7. The molecule has 0 aromatic heterocycles. The molecular weight excluding hydrogens is 577 g/mol. The van der Waals surface area contributed by atoms with Crippen LogP contribution in [0.5, 0.6) is 0 Å². The fraction of sp³-hybridized carbons (Fsp3) is 0.0417. The van der Waals surface area contributed by atoms with E-state index in [0.717, 1.165) is 0 Å². The number of hydrogen-bond acceptors (Lipinski definition) is 0. The Bertz CT molecular complexity index is 2690. The van der Waals surface area contributed by atoms with Crippen LogP contribution in [0.1, 0.15) is 24.0 Å². The quantitative estimate of drug-likeness (QED) is 0.175. The first-order valence-corrected chi connectivity index (χ1v) is 16.9. The van der Waals surface area contributed by atoms with E-state index in [2.05, 4.69) is 177 Å². The molecule has 1 atom stereocenters. The third-order valence-electron chi connectivity index (χ3n) is 10.7. The zero-order chi connectivity index (χ0) is 31.8. The van der Waals surface area contributed by atoms with Gasteiger partial charge in [-0.25, -0.2) is 0 Å². The summed E-state index contributed by atoms with van der Waals surface area (Å²) in [6.45, 7) is 2.34. The average Bonchev–Trinajstić information content (AvgIpc) is 3.44. The Morgan fingerprint density at radius 2 is 0.854 bits per heavy atom. The highest BCUT2D eigenvalue weighted by Crippen LogP contribution is 2.48. The molecule has 48 heavy (non-hydrogen) atoms. The van der Waals surface area contributed by atoms with Crippen molar-refractivity contribution in [3.05, 3.63) is 181 Å². The molecule has 0 saturated heterocycles. The van der Waals surface area contributed by atoms with E-state index < -0.39 is 0 Å². The average molecular weight is 609 g/mol. The first kappa shape index (κ1) is 27.2. The van der Waals surface area contributed by atoms with E-state index in [-0.39, 0.29) is 0 Å². The SMILES string of the molecule is CC1c2ccccc2-c2ccc(-c3cc(-c4c5ccccc5c(-c5ccc6ccccc6c5)c5ccccc45)c4ccccc4c3)cc21. The van der Waals surface area contributed by atoms with Gasteiger partial charge in [0.25, 0.3) is 0 Å². The van der Waals surface area contributed by atoms with E-state index in [1.54, 1.807) is 0 Å². The smallest absolute Gasteiger partial charge is 0.00735 e. The third-order valence-corrected chi connectivity index (χ3v) is 10.7. The molecule has 0 radical (unpaired) electrons. The van der Waals surface area contributed by atoms with Crippen LogP contribution in [0.15, 0.2) is 170 Å². The van der Waals surface area contributed by atoms with Crippen LogP contribution in [0, 0.1) is 0 Å². The van der Waals surface area contributed by atoms with E-state index in [4.69, 9.17) is 0 Å². The standard InChI is InChI=1S/C48H32/c1-30-37-15-6-7-17-39(37)40-25-24-33(28-45(30)40)36-27-34-14-4-5-16-38(34)46(29-36)48-43-20-10-8-18-41(43)47(42-19-9-11-21-44(42)48)35-23-22-31-12-2-3-13-32(31)26-35/h2-30H,1H3. The largest absolute Gasteiger partial charge is 0.0619 e. The maximum Gasteiger partial charge on any atom is 0.00735 e. The molecule has 0 heteroatoms. The lowest BCUT2D eigenvalue weighted by Gasteiger charge is -2.20. The summed E-state index contributed by atoms with van der Waals surface area (Å²) in [5.74, 6) is 0.381. The summed E-state index contributed by atoms with van der Waals surface area (Å²) in [4.78, 5) is 0. The second-order valence-electron chi connectivity index (χ2n) is 13.3. The van der Waals surface area contributed by atoms with Gasteiger partial charge in [-0.1, -0.05) is 153 Å².